The van der Waals surface area contributed by atoms with E-state index in [0.717, 1.165) is 32.1 Å². The van der Waals surface area contributed by atoms with Crippen molar-refractivity contribution < 1.29 is 0 Å². The van der Waals surface area contributed by atoms with Gasteiger partial charge in [-0.15, -0.1) is 0 Å². The van der Waals surface area contributed by atoms with Crippen molar-refractivity contribution in [3.63, 3.8) is 0 Å². The Labute approximate surface area is 348 Å². The van der Waals surface area contributed by atoms with Crippen molar-refractivity contribution in [3.05, 3.63) is 222 Å². The van der Waals surface area contributed by atoms with Crippen molar-refractivity contribution >= 4 is 33.1 Å². The third-order valence-corrected chi connectivity index (χ3v) is 13.3. The van der Waals surface area contributed by atoms with Gasteiger partial charge in [0.25, 0.3) is 0 Å². The fraction of sp³-hybridized carbons (Fsp3) is 0.158. The molecule has 11 rings (SSSR count). The van der Waals surface area contributed by atoms with Crippen LogP contribution in [0.4, 0.5) is 5.69 Å². The van der Waals surface area contributed by atoms with Gasteiger partial charge in [-0.3, -0.25) is 0 Å². The SMILES string of the molecule is CC1(C)c2ccccc2-c2cc3c4ccccc4n(-c4ccc(C5=CC=C(N(C6=CCC(C7=CCCC=C7)C=C6)c6ccc(-c7ccccc7)cc6)CC5)cc4)c3cc21. The van der Waals surface area contributed by atoms with Crippen LogP contribution in [0.15, 0.2) is 205 Å². The summed E-state index contributed by atoms with van der Waals surface area (Å²) in [5.41, 5.74) is 19.6. The maximum Gasteiger partial charge on any atom is 0.0544 e. The van der Waals surface area contributed by atoms with Crippen molar-refractivity contribution in [2.24, 2.45) is 5.92 Å². The van der Waals surface area contributed by atoms with Gasteiger partial charge in [-0.2, -0.15) is 0 Å². The first-order valence-corrected chi connectivity index (χ1v) is 21.4. The van der Waals surface area contributed by atoms with E-state index in [1.807, 2.05) is 0 Å². The van der Waals surface area contributed by atoms with Crippen LogP contribution in [0.5, 0.6) is 0 Å². The molecule has 1 atom stereocenters. The number of benzene rings is 6. The van der Waals surface area contributed by atoms with Gasteiger partial charge >= 0.3 is 0 Å². The Bertz CT molecular complexity index is 2960. The van der Waals surface area contributed by atoms with Crippen LogP contribution in [0.2, 0.25) is 0 Å². The van der Waals surface area contributed by atoms with Gasteiger partial charge in [0.2, 0.25) is 0 Å². The van der Waals surface area contributed by atoms with E-state index in [1.165, 1.54) is 94.7 Å². The first-order chi connectivity index (χ1) is 29.0. The third kappa shape index (κ3) is 6.09. The summed E-state index contributed by atoms with van der Waals surface area (Å²) in [5, 5.41) is 2.61. The molecule has 1 heterocycles. The molecule has 0 N–H and O–H groups in total. The zero-order valence-corrected chi connectivity index (χ0v) is 33.9. The predicted molar refractivity (Wildman–Crippen MR) is 250 cm³/mol. The highest BCUT2D eigenvalue weighted by atomic mass is 15.2. The van der Waals surface area contributed by atoms with E-state index in [1.54, 1.807) is 0 Å². The molecular formula is C57H48N2. The second-order valence-electron chi connectivity index (χ2n) is 17.1. The number of rotatable bonds is 7. The molecule has 0 saturated heterocycles. The molecule has 0 amide bonds. The van der Waals surface area contributed by atoms with Crippen LogP contribution < -0.4 is 4.90 Å². The van der Waals surface area contributed by atoms with Crippen molar-refractivity contribution in [1.82, 2.24) is 4.57 Å². The van der Waals surface area contributed by atoms with E-state index in [4.69, 9.17) is 0 Å². The average molecular weight is 761 g/mol. The van der Waals surface area contributed by atoms with E-state index in [9.17, 15) is 0 Å². The summed E-state index contributed by atoms with van der Waals surface area (Å²) in [5.74, 6) is 0.444. The van der Waals surface area contributed by atoms with Crippen molar-refractivity contribution in [2.45, 2.75) is 51.4 Å². The number of anilines is 1. The van der Waals surface area contributed by atoms with Gasteiger partial charge in [-0.05, 0) is 137 Å². The molecular weight excluding hydrogens is 713 g/mol. The van der Waals surface area contributed by atoms with Crippen LogP contribution in [0.3, 0.4) is 0 Å². The molecule has 0 saturated carbocycles. The summed E-state index contributed by atoms with van der Waals surface area (Å²) < 4.78 is 2.47. The Morgan fingerprint density at radius 2 is 1.36 bits per heavy atom. The molecule has 59 heavy (non-hydrogen) atoms. The number of para-hydroxylation sites is 1. The Morgan fingerprint density at radius 3 is 2.12 bits per heavy atom. The standard InChI is InChI=1S/C57H48N2/c1-57(2)53-19-11-9-17-49(53)51-37-52-50-18-10-12-20-55(50)59(56(52)38-54(51)57)48-35-27-44(28-36-48)43-25-33-47(34-26-43)58(45-29-21-41(22-30-45)39-13-5-3-6-14-39)46-31-23-42(24-32-46)40-15-7-4-8-16-40/h3,5-7,9-23,25,27-33,35-38,42H,4,8,24,26,34H2,1-2H3. The van der Waals surface area contributed by atoms with Crippen LogP contribution in [0, 0.1) is 5.92 Å². The lowest BCUT2D eigenvalue weighted by atomic mass is 9.82. The number of aromatic nitrogens is 1. The lowest BCUT2D eigenvalue weighted by Gasteiger charge is -2.33. The maximum absolute atomic E-state index is 2.49. The minimum absolute atomic E-state index is 0.0527. The first-order valence-electron chi connectivity index (χ1n) is 21.4. The fourth-order valence-electron chi connectivity index (χ4n) is 10.2. The van der Waals surface area contributed by atoms with E-state index in [2.05, 4.69) is 211 Å². The predicted octanol–water partition coefficient (Wildman–Crippen LogP) is 15.1. The maximum atomic E-state index is 2.49. The molecule has 0 aliphatic heterocycles. The molecule has 2 nitrogen and oxygen atoms in total. The van der Waals surface area contributed by atoms with Gasteiger partial charge in [0, 0.05) is 44.9 Å². The van der Waals surface area contributed by atoms with Crippen molar-refractivity contribution in [1.29, 1.82) is 0 Å². The molecule has 6 aromatic carbocycles. The quantitative estimate of drug-likeness (QED) is 0.157. The zero-order chi connectivity index (χ0) is 39.5. The topological polar surface area (TPSA) is 8.17 Å². The number of hydrogen-bond donors (Lipinski definition) is 0. The molecule has 0 radical (unpaired) electrons. The largest absolute Gasteiger partial charge is 0.315 e. The Hall–Kier alpha value is -6.64. The molecule has 0 fully saturated rings. The first kappa shape index (κ1) is 35.5. The lowest BCUT2D eigenvalue weighted by molar-refractivity contribution is 0.661. The molecule has 4 aliphatic carbocycles. The van der Waals surface area contributed by atoms with Crippen LogP contribution in [-0.2, 0) is 5.41 Å². The Morgan fingerprint density at radius 1 is 0.593 bits per heavy atom. The average Bonchev–Trinajstić information content (AvgIpc) is 3.74. The fourth-order valence-corrected chi connectivity index (χ4v) is 10.2. The van der Waals surface area contributed by atoms with Gasteiger partial charge in [0.1, 0.15) is 0 Å². The molecule has 286 valence electrons. The number of nitrogens with zero attached hydrogens (tertiary/aromatic N) is 2. The molecule has 0 spiro atoms. The molecule has 2 heteroatoms. The number of allylic oxidation sites excluding steroid dienone is 11. The van der Waals surface area contributed by atoms with Crippen LogP contribution in [0.25, 0.3) is 55.3 Å². The smallest absolute Gasteiger partial charge is 0.0544 e. The summed E-state index contributed by atoms with van der Waals surface area (Å²) in [6.07, 6.45) is 24.3. The molecule has 7 aromatic rings. The summed E-state index contributed by atoms with van der Waals surface area (Å²) in [4.78, 5) is 2.49. The van der Waals surface area contributed by atoms with Crippen LogP contribution in [0.1, 0.15) is 62.6 Å². The number of hydrogen-bond acceptors (Lipinski definition) is 1. The Balaban J connectivity index is 0.923. The second kappa shape index (κ2) is 14.3. The molecule has 1 unspecified atom stereocenters. The van der Waals surface area contributed by atoms with Gasteiger partial charge in [0.15, 0.2) is 0 Å². The second-order valence-corrected chi connectivity index (χ2v) is 17.1. The molecule has 1 aromatic heterocycles. The summed E-state index contributed by atoms with van der Waals surface area (Å²) >= 11 is 0. The monoisotopic (exact) mass is 760 g/mol. The third-order valence-electron chi connectivity index (χ3n) is 13.3. The van der Waals surface area contributed by atoms with E-state index < -0.39 is 0 Å². The highest BCUT2D eigenvalue weighted by Crippen LogP contribution is 2.51. The van der Waals surface area contributed by atoms with Crippen molar-refractivity contribution in [3.8, 4) is 27.9 Å². The van der Waals surface area contributed by atoms with Gasteiger partial charge in [0.05, 0.1) is 11.0 Å². The van der Waals surface area contributed by atoms with Crippen molar-refractivity contribution in [2.75, 3.05) is 4.90 Å². The molecule has 4 aliphatic rings. The minimum Gasteiger partial charge on any atom is -0.315 e. The van der Waals surface area contributed by atoms with Crippen LogP contribution in [-0.4, -0.2) is 4.57 Å². The lowest BCUT2D eigenvalue weighted by Crippen LogP contribution is -2.23. The number of fused-ring (bicyclic) bond motifs is 6. The van der Waals surface area contributed by atoms with Crippen LogP contribution >= 0.6 is 0 Å². The summed E-state index contributed by atoms with van der Waals surface area (Å²) in [6.45, 7) is 4.74. The normalized spacial score (nSPS) is 17.9. The van der Waals surface area contributed by atoms with Gasteiger partial charge in [-0.1, -0.05) is 147 Å². The summed E-state index contributed by atoms with van der Waals surface area (Å²) in [7, 11) is 0. The highest BCUT2D eigenvalue weighted by Gasteiger charge is 2.36. The Kier molecular flexibility index (Phi) is 8.62. The van der Waals surface area contributed by atoms with Gasteiger partial charge < -0.3 is 9.47 Å². The zero-order valence-electron chi connectivity index (χ0n) is 33.9. The van der Waals surface area contributed by atoms with E-state index in [-0.39, 0.29) is 5.41 Å². The molecule has 0 bridgehead atoms. The van der Waals surface area contributed by atoms with Gasteiger partial charge in [-0.25, -0.2) is 0 Å². The van der Waals surface area contributed by atoms with E-state index >= 15 is 0 Å². The van der Waals surface area contributed by atoms with E-state index in [0.29, 0.717) is 5.92 Å². The summed E-state index contributed by atoms with van der Waals surface area (Å²) in [6, 6.07) is 51.8. The minimum atomic E-state index is -0.0527. The highest BCUT2D eigenvalue weighted by molar-refractivity contribution is 6.11.